The quantitative estimate of drug-likeness (QED) is 0.388. The minimum atomic E-state index is -0.401. The summed E-state index contributed by atoms with van der Waals surface area (Å²) in [5.74, 6) is -0.699. The molecule has 0 unspecified atom stereocenters. The third-order valence-corrected chi connectivity index (χ3v) is 3.32. The summed E-state index contributed by atoms with van der Waals surface area (Å²) in [7, 11) is 0. The van der Waals surface area contributed by atoms with E-state index in [1.54, 1.807) is 5.06 Å². The highest BCUT2D eigenvalue weighted by Crippen LogP contribution is 2.41. The van der Waals surface area contributed by atoms with Crippen LogP contribution in [0.15, 0.2) is 72.8 Å². The molecule has 0 aromatic heterocycles. The van der Waals surface area contributed by atoms with E-state index in [0.717, 1.165) is 11.4 Å². The predicted molar refractivity (Wildman–Crippen MR) is 89.8 cm³/mol. The van der Waals surface area contributed by atoms with Gasteiger partial charge in [-0.1, -0.05) is 36.4 Å². The highest BCUT2D eigenvalue weighted by molar-refractivity contribution is 5.66. The van der Waals surface area contributed by atoms with Crippen molar-refractivity contribution in [2.45, 2.75) is 0 Å². The van der Waals surface area contributed by atoms with Crippen LogP contribution in [-0.2, 0) is 0 Å². The number of anilines is 3. The second kappa shape index (κ2) is 6.19. The molecule has 116 valence electrons. The summed E-state index contributed by atoms with van der Waals surface area (Å²) in [6.45, 7) is 0. The number of hydrogen-bond donors (Lipinski definition) is 3. The molecule has 23 heavy (non-hydrogen) atoms. The summed E-state index contributed by atoms with van der Waals surface area (Å²) in [5, 5.41) is 21.4. The Bertz CT molecular complexity index is 753. The van der Waals surface area contributed by atoms with Crippen molar-refractivity contribution < 1.29 is 15.1 Å². The number of phenolic OH excluding ortho intramolecular Hbond substituents is 2. The van der Waals surface area contributed by atoms with Gasteiger partial charge in [-0.25, -0.2) is 0 Å². The topological polar surface area (TPSA) is 79.0 Å². The van der Waals surface area contributed by atoms with Gasteiger partial charge in [0.25, 0.3) is 0 Å². The first-order chi connectivity index (χ1) is 11.2. The lowest BCUT2D eigenvalue weighted by Gasteiger charge is -2.25. The van der Waals surface area contributed by atoms with Crippen LogP contribution in [0.2, 0.25) is 0 Å². The van der Waals surface area contributed by atoms with E-state index >= 15 is 0 Å². The third-order valence-electron chi connectivity index (χ3n) is 3.32. The van der Waals surface area contributed by atoms with Crippen molar-refractivity contribution in [3.63, 3.8) is 0 Å². The first kappa shape index (κ1) is 14.6. The molecule has 0 heterocycles. The van der Waals surface area contributed by atoms with Crippen LogP contribution in [0, 0.1) is 0 Å². The van der Waals surface area contributed by atoms with Gasteiger partial charge in [0.1, 0.15) is 0 Å². The molecule has 0 fully saturated rings. The molecule has 0 saturated carbocycles. The summed E-state index contributed by atoms with van der Waals surface area (Å²) < 4.78 is 0. The SMILES string of the molecule is Nc1ccc(ON(c2ccccc2)c2ccccc2)c(O)c1O. The lowest BCUT2D eigenvalue weighted by molar-refractivity contribution is 0.297. The zero-order chi connectivity index (χ0) is 16.2. The van der Waals surface area contributed by atoms with Gasteiger partial charge in [0.15, 0.2) is 5.75 Å². The van der Waals surface area contributed by atoms with Gasteiger partial charge in [-0.3, -0.25) is 0 Å². The number of para-hydroxylation sites is 2. The van der Waals surface area contributed by atoms with E-state index in [0.29, 0.717) is 0 Å². The Morgan fingerprint density at radius 2 is 1.22 bits per heavy atom. The van der Waals surface area contributed by atoms with Crippen molar-refractivity contribution in [3.8, 4) is 17.2 Å². The van der Waals surface area contributed by atoms with E-state index in [1.165, 1.54) is 12.1 Å². The van der Waals surface area contributed by atoms with Gasteiger partial charge in [0, 0.05) is 0 Å². The summed E-state index contributed by atoms with van der Waals surface area (Å²) >= 11 is 0. The van der Waals surface area contributed by atoms with Crippen molar-refractivity contribution in [3.05, 3.63) is 72.8 Å². The van der Waals surface area contributed by atoms with Crippen LogP contribution in [0.1, 0.15) is 0 Å². The summed E-state index contributed by atoms with van der Waals surface area (Å²) in [6.07, 6.45) is 0. The molecule has 0 radical (unpaired) electrons. The molecular weight excluding hydrogens is 292 g/mol. The van der Waals surface area contributed by atoms with Crippen molar-refractivity contribution in [1.29, 1.82) is 0 Å². The van der Waals surface area contributed by atoms with Crippen molar-refractivity contribution in [1.82, 2.24) is 0 Å². The molecule has 0 aliphatic heterocycles. The van der Waals surface area contributed by atoms with Crippen LogP contribution in [0.25, 0.3) is 0 Å². The molecule has 4 N–H and O–H groups in total. The van der Waals surface area contributed by atoms with Crippen molar-refractivity contribution in [2.24, 2.45) is 0 Å². The van der Waals surface area contributed by atoms with Crippen LogP contribution in [0.3, 0.4) is 0 Å². The van der Waals surface area contributed by atoms with Gasteiger partial charge in [0.05, 0.1) is 17.1 Å². The van der Waals surface area contributed by atoms with E-state index < -0.39 is 11.5 Å². The van der Waals surface area contributed by atoms with Crippen molar-refractivity contribution >= 4 is 17.1 Å². The molecule has 5 heteroatoms. The minimum Gasteiger partial charge on any atom is -0.503 e. The number of rotatable bonds is 4. The fourth-order valence-electron chi connectivity index (χ4n) is 2.13. The van der Waals surface area contributed by atoms with Gasteiger partial charge in [-0.15, -0.1) is 0 Å². The monoisotopic (exact) mass is 308 g/mol. The van der Waals surface area contributed by atoms with Gasteiger partial charge >= 0.3 is 0 Å². The Balaban J connectivity index is 2.02. The summed E-state index contributed by atoms with van der Waals surface area (Å²) in [6, 6.07) is 21.8. The number of nitrogen functional groups attached to an aromatic ring is 1. The van der Waals surface area contributed by atoms with Gasteiger partial charge < -0.3 is 20.8 Å². The second-order valence-corrected chi connectivity index (χ2v) is 4.91. The van der Waals surface area contributed by atoms with Gasteiger partial charge in [-0.05, 0) is 36.4 Å². The first-order valence-electron chi connectivity index (χ1n) is 7.05. The van der Waals surface area contributed by atoms with E-state index in [2.05, 4.69) is 0 Å². The van der Waals surface area contributed by atoms with Crippen LogP contribution in [0.4, 0.5) is 17.1 Å². The predicted octanol–water partition coefficient (Wildman–Crippen LogP) is 3.81. The minimum absolute atomic E-state index is 0.0841. The van der Waals surface area contributed by atoms with E-state index in [4.69, 9.17) is 10.6 Å². The molecule has 3 aromatic rings. The molecule has 0 aliphatic carbocycles. The molecule has 0 aliphatic rings. The number of nitrogens with two attached hydrogens (primary N) is 1. The molecule has 0 bridgehead atoms. The molecular formula is C18H16N2O3. The molecule has 3 aromatic carbocycles. The smallest absolute Gasteiger partial charge is 0.206 e. The standard InChI is InChI=1S/C18H16N2O3/c19-15-11-12-16(18(22)17(15)21)23-20(13-7-3-1-4-8-13)14-9-5-2-6-10-14/h1-12,21-22H,19H2. The van der Waals surface area contributed by atoms with Crippen LogP contribution in [0.5, 0.6) is 17.2 Å². The highest BCUT2D eigenvalue weighted by atomic mass is 16.7. The summed E-state index contributed by atoms with van der Waals surface area (Å²) in [5.41, 5.74) is 7.19. The zero-order valence-corrected chi connectivity index (χ0v) is 12.3. The molecule has 0 amide bonds. The molecule has 5 nitrogen and oxygen atoms in total. The Hall–Kier alpha value is -3.34. The highest BCUT2D eigenvalue weighted by Gasteiger charge is 2.17. The van der Waals surface area contributed by atoms with Gasteiger partial charge in [-0.2, -0.15) is 5.06 Å². The Morgan fingerprint density at radius 1 is 0.696 bits per heavy atom. The first-order valence-corrected chi connectivity index (χ1v) is 7.05. The third kappa shape index (κ3) is 2.98. The number of aromatic hydroxyl groups is 2. The lowest BCUT2D eigenvalue weighted by atomic mass is 10.2. The average Bonchev–Trinajstić information content (AvgIpc) is 2.61. The maximum atomic E-state index is 10.0. The largest absolute Gasteiger partial charge is 0.503 e. The van der Waals surface area contributed by atoms with Crippen LogP contribution >= 0.6 is 0 Å². The Labute approximate surface area is 133 Å². The maximum absolute atomic E-state index is 10.0. The lowest BCUT2D eigenvalue weighted by Crippen LogP contribution is -2.21. The van der Waals surface area contributed by atoms with E-state index in [9.17, 15) is 10.2 Å². The van der Waals surface area contributed by atoms with Gasteiger partial charge in [0.2, 0.25) is 11.5 Å². The Kier molecular flexibility index (Phi) is 3.93. The zero-order valence-electron chi connectivity index (χ0n) is 12.3. The molecule has 0 atom stereocenters. The number of nitrogens with zero attached hydrogens (tertiary/aromatic N) is 1. The average molecular weight is 308 g/mol. The van der Waals surface area contributed by atoms with E-state index in [1.807, 2.05) is 60.7 Å². The molecule has 3 rings (SSSR count). The number of benzene rings is 3. The Morgan fingerprint density at radius 3 is 1.74 bits per heavy atom. The van der Waals surface area contributed by atoms with Crippen molar-refractivity contribution in [2.75, 3.05) is 10.8 Å². The fourth-order valence-corrected chi connectivity index (χ4v) is 2.13. The number of phenols is 2. The number of hydrogen-bond acceptors (Lipinski definition) is 5. The second-order valence-electron chi connectivity index (χ2n) is 4.91. The van der Waals surface area contributed by atoms with Crippen LogP contribution in [-0.4, -0.2) is 10.2 Å². The summed E-state index contributed by atoms with van der Waals surface area (Å²) in [4.78, 5) is 5.82. The fraction of sp³-hybridized carbons (Fsp3) is 0. The maximum Gasteiger partial charge on any atom is 0.206 e. The van der Waals surface area contributed by atoms with E-state index in [-0.39, 0.29) is 11.4 Å². The van der Waals surface area contributed by atoms with Crippen LogP contribution < -0.4 is 15.6 Å². The normalized spacial score (nSPS) is 10.3. The molecule has 0 saturated heterocycles. The molecule has 0 spiro atoms.